The molecule has 2 rings (SSSR count). The van der Waals surface area contributed by atoms with Gasteiger partial charge in [-0.05, 0) is 41.3 Å². The number of hydrogen-bond acceptors (Lipinski definition) is 4. The van der Waals surface area contributed by atoms with E-state index < -0.39 is 4.92 Å². The van der Waals surface area contributed by atoms with E-state index in [1.54, 1.807) is 6.07 Å². The molecule has 1 aromatic rings. The largest absolute Gasteiger partial charge is 0.361 e. The van der Waals surface area contributed by atoms with Gasteiger partial charge in [0.2, 0.25) is 0 Å². The van der Waals surface area contributed by atoms with Crippen molar-refractivity contribution in [3.63, 3.8) is 0 Å². The molecule has 1 saturated heterocycles. The van der Waals surface area contributed by atoms with Crippen molar-refractivity contribution in [2.45, 2.75) is 25.3 Å². The highest BCUT2D eigenvalue weighted by Crippen LogP contribution is 2.33. The number of carbonyl (C=O) groups excluding carboxylic acids is 1. The van der Waals surface area contributed by atoms with Crippen LogP contribution in [-0.2, 0) is 4.79 Å². The lowest BCUT2D eigenvalue weighted by Gasteiger charge is -2.34. The molecule has 1 aromatic carbocycles. The number of piperidine rings is 1. The fraction of sp³-hybridized carbons (Fsp3) is 0.417. The van der Waals surface area contributed by atoms with Gasteiger partial charge in [-0.3, -0.25) is 10.1 Å². The summed E-state index contributed by atoms with van der Waals surface area (Å²) in [5, 5.41) is 10.7. The van der Waals surface area contributed by atoms with Gasteiger partial charge in [-0.1, -0.05) is 0 Å². The van der Waals surface area contributed by atoms with Gasteiger partial charge in [0.25, 0.3) is 5.69 Å². The summed E-state index contributed by atoms with van der Waals surface area (Å²) in [6.45, 7) is 0.805. The highest BCUT2D eigenvalue weighted by atomic mass is 79.9. The minimum absolute atomic E-state index is 0.0466. The zero-order chi connectivity index (χ0) is 13.1. The summed E-state index contributed by atoms with van der Waals surface area (Å²) in [7, 11) is 0. The molecule has 0 aliphatic carbocycles. The number of nitro benzene ring substituents is 1. The molecule has 96 valence electrons. The van der Waals surface area contributed by atoms with Gasteiger partial charge in [0, 0.05) is 23.2 Å². The molecule has 1 aliphatic rings. The third kappa shape index (κ3) is 2.53. The van der Waals surface area contributed by atoms with Crippen molar-refractivity contribution >= 4 is 33.6 Å². The highest BCUT2D eigenvalue weighted by molar-refractivity contribution is 9.10. The van der Waals surface area contributed by atoms with E-state index in [2.05, 4.69) is 15.9 Å². The molecule has 0 saturated carbocycles. The minimum Gasteiger partial charge on any atom is -0.361 e. The van der Waals surface area contributed by atoms with Crippen LogP contribution in [0, 0.1) is 10.1 Å². The molecule has 1 atom stereocenters. The lowest BCUT2D eigenvalue weighted by Crippen LogP contribution is -2.40. The maximum Gasteiger partial charge on any atom is 0.270 e. The van der Waals surface area contributed by atoms with Crippen molar-refractivity contribution < 1.29 is 9.72 Å². The number of halogens is 1. The molecule has 0 N–H and O–H groups in total. The number of nitrogens with zero attached hydrogens (tertiary/aromatic N) is 2. The summed E-state index contributed by atoms with van der Waals surface area (Å²) in [4.78, 5) is 23.3. The van der Waals surface area contributed by atoms with Gasteiger partial charge in [0.1, 0.15) is 6.29 Å². The van der Waals surface area contributed by atoms with Crippen molar-refractivity contribution in [1.82, 2.24) is 0 Å². The normalized spacial score (nSPS) is 19.6. The van der Waals surface area contributed by atoms with E-state index in [9.17, 15) is 14.9 Å². The number of nitro groups is 1. The van der Waals surface area contributed by atoms with E-state index in [1.165, 1.54) is 12.1 Å². The van der Waals surface area contributed by atoms with Crippen LogP contribution in [0.1, 0.15) is 19.3 Å². The summed E-state index contributed by atoms with van der Waals surface area (Å²) in [5.41, 5.74) is 0.891. The number of hydrogen-bond donors (Lipinski definition) is 0. The van der Waals surface area contributed by atoms with Crippen LogP contribution in [0.15, 0.2) is 22.7 Å². The molecule has 1 unspecified atom stereocenters. The van der Waals surface area contributed by atoms with Crippen molar-refractivity contribution in [2.24, 2.45) is 0 Å². The van der Waals surface area contributed by atoms with Crippen LogP contribution < -0.4 is 4.90 Å². The van der Waals surface area contributed by atoms with Crippen molar-refractivity contribution in [3.8, 4) is 0 Å². The zero-order valence-electron chi connectivity index (χ0n) is 9.71. The van der Waals surface area contributed by atoms with Gasteiger partial charge >= 0.3 is 0 Å². The number of anilines is 1. The Balaban J connectivity index is 2.32. The fourth-order valence-electron chi connectivity index (χ4n) is 2.24. The van der Waals surface area contributed by atoms with E-state index in [-0.39, 0.29) is 11.7 Å². The topological polar surface area (TPSA) is 63.5 Å². The fourth-order valence-corrected chi connectivity index (χ4v) is 2.83. The number of aldehydes is 1. The van der Waals surface area contributed by atoms with Gasteiger partial charge in [0.05, 0.1) is 16.7 Å². The maximum atomic E-state index is 11.1. The van der Waals surface area contributed by atoms with E-state index in [0.29, 0.717) is 4.47 Å². The quantitative estimate of drug-likeness (QED) is 0.489. The van der Waals surface area contributed by atoms with Crippen LogP contribution >= 0.6 is 15.9 Å². The molecule has 0 aromatic heterocycles. The predicted octanol–water partition coefficient (Wildman–Crippen LogP) is 2.92. The van der Waals surface area contributed by atoms with Crippen LogP contribution in [0.5, 0.6) is 0 Å². The first-order valence-electron chi connectivity index (χ1n) is 5.79. The van der Waals surface area contributed by atoms with Gasteiger partial charge in [-0.15, -0.1) is 0 Å². The second-order valence-corrected chi connectivity index (χ2v) is 5.14. The maximum absolute atomic E-state index is 11.1. The van der Waals surface area contributed by atoms with Crippen LogP contribution in [0.3, 0.4) is 0 Å². The molecule has 0 amide bonds. The van der Waals surface area contributed by atoms with Gasteiger partial charge in [0.15, 0.2) is 0 Å². The van der Waals surface area contributed by atoms with Gasteiger partial charge in [-0.2, -0.15) is 0 Å². The lowest BCUT2D eigenvalue weighted by atomic mass is 10.0. The average molecular weight is 313 g/mol. The molecule has 0 spiro atoms. The summed E-state index contributed by atoms with van der Waals surface area (Å²) in [5.74, 6) is 0. The lowest BCUT2D eigenvalue weighted by molar-refractivity contribution is -0.384. The van der Waals surface area contributed by atoms with Crippen LogP contribution in [0.2, 0.25) is 0 Å². The first-order chi connectivity index (χ1) is 8.63. The summed E-state index contributed by atoms with van der Waals surface area (Å²) in [6, 6.07) is 4.52. The molecule has 1 aliphatic heterocycles. The Morgan fingerprint density at radius 1 is 1.44 bits per heavy atom. The molecular formula is C12H13BrN2O3. The first-order valence-corrected chi connectivity index (χ1v) is 6.58. The average Bonchev–Trinajstić information content (AvgIpc) is 2.38. The molecule has 1 heterocycles. The Morgan fingerprint density at radius 3 is 2.83 bits per heavy atom. The van der Waals surface area contributed by atoms with Gasteiger partial charge < -0.3 is 9.69 Å². The third-order valence-electron chi connectivity index (χ3n) is 3.16. The Hall–Kier alpha value is -1.43. The summed E-state index contributed by atoms with van der Waals surface area (Å²) in [6.07, 6.45) is 3.87. The summed E-state index contributed by atoms with van der Waals surface area (Å²) < 4.78 is 0.658. The molecule has 6 heteroatoms. The van der Waals surface area contributed by atoms with Crippen molar-refractivity contribution in [1.29, 1.82) is 0 Å². The Morgan fingerprint density at radius 2 is 2.22 bits per heavy atom. The van der Waals surface area contributed by atoms with Crippen molar-refractivity contribution in [3.05, 3.63) is 32.8 Å². The SMILES string of the molecule is O=CC1CCCCN1c1ccc([N+](=O)[O-])cc1Br. The van der Waals surface area contributed by atoms with Gasteiger partial charge in [-0.25, -0.2) is 0 Å². The minimum atomic E-state index is -0.429. The highest BCUT2D eigenvalue weighted by Gasteiger charge is 2.24. The molecule has 5 nitrogen and oxygen atoms in total. The summed E-state index contributed by atoms with van der Waals surface area (Å²) >= 11 is 3.35. The standard InChI is InChI=1S/C12H13BrN2O3/c13-11-7-9(15(17)18)4-5-12(11)14-6-2-1-3-10(14)8-16/h4-5,7-8,10H,1-3,6H2. The molecular weight excluding hydrogens is 300 g/mol. The van der Waals surface area contributed by atoms with E-state index in [1.807, 2.05) is 4.90 Å². The Bertz CT molecular complexity index is 478. The van der Waals surface area contributed by atoms with E-state index in [0.717, 1.165) is 37.8 Å². The van der Waals surface area contributed by atoms with E-state index >= 15 is 0 Å². The predicted molar refractivity (Wildman–Crippen MR) is 71.8 cm³/mol. The number of benzene rings is 1. The number of carbonyl (C=O) groups is 1. The second kappa shape index (κ2) is 5.48. The first kappa shape index (κ1) is 13.0. The van der Waals surface area contributed by atoms with Crippen molar-refractivity contribution in [2.75, 3.05) is 11.4 Å². The van der Waals surface area contributed by atoms with Crippen LogP contribution in [0.25, 0.3) is 0 Å². The van der Waals surface area contributed by atoms with Crippen LogP contribution in [0.4, 0.5) is 11.4 Å². The molecule has 18 heavy (non-hydrogen) atoms. The number of rotatable bonds is 3. The number of non-ortho nitro benzene ring substituents is 1. The Labute approximate surface area is 113 Å². The van der Waals surface area contributed by atoms with Crippen LogP contribution in [-0.4, -0.2) is 23.8 Å². The molecule has 0 bridgehead atoms. The Kier molecular flexibility index (Phi) is 3.96. The van der Waals surface area contributed by atoms with E-state index in [4.69, 9.17) is 0 Å². The smallest absolute Gasteiger partial charge is 0.270 e. The molecule has 0 radical (unpaired) electrons. The second-order valence-electron chi connectivity index (χ2n) is 4.29. The zero-order valence-corrected chi connectivity index (χ0v) is 11.3. The molecule has 1 fully saturated rings. The monoisotopic (exact) mass is 312 g/mol. The third-order valence-corrected chi connectivity index (χ3v) is 3.79.